The van der Waals surface area contributed by atoms with Crippen LogP contribution in [0.1, 0.15) is 271 Å². The molecule has 1 atom stereocenters. The highest BCUT2D eigenvalue weighted by Gasteiger charge is 2.19. The zero-order valence-electron chi connectivity index (χ0n) is 41.1. The molecule has 1 unspecified atom stereocenters. The van der Waals surface area contributed by atoms with Gasteiger partial charge in [0, 0.05) is 19.3 Å². The van der Waals surface area contributed by atoms with Gasteiger partial charge < -0.3 is 14.2 Å². The van der Waals surface area contributed by atoms with Crippen molar-refractivity contribution in [3.63, 3.8) is 0 Å². The van der Waals surface area contributed by atoms with Crippen LogP contribution in [-0.2, 0) is 28.6 Å². The number of hydrogen-bond acceptors (Lipinski definition) is 6. The van der Waals surface area contributed by atoms with E-state index in [9.17, 15) is 14.4 Å². The summed E-state index contributed by atoms with van der Waals surface area (Å²) >= 11 is 0. The van der Waals surface area contributed by atoms with E-state index in [0.717, 1.165) is 96.3 Å². The number of ether oxygens (including phenoxy) is 3. The average molecular weight is 869 g/mol. The van der Waals surface area contributed by atoms with Crippen molar-refractivity contribution in [2.24, 2.45) is 0 Å². The lowest BCUT2D eigenvalue weighted by Gasteiger charge is -2.18. The summed E-state index contributed by atoms with van der Waals surface area (Å²) in [5.74, 6) is -0.908. The summed E-state index contributed by atoms with van der Waals surface area (Å²) in [7, 11) is 0. The number of allylic oxidation sites excluding steroid dienone is 8. The Hall–Kier alpha value is -2.63. The molecular formula is C56H100O6. The molecule has 0 aromatic carbocycles. The zero-order valence-corrected chi connectivity index (χ0v) is 41.1. The first-order valence-corrected chi connectivity index (χ1v) is 26.6. The number of hydrogen-bond donors (Lipinski definition) is 0. The lowest BCUT2D eigenvalue weighted by Crippen LogP contribution is -2.30. The van der Waals surface area contributed by atoms with Crippen molar-refractivity contribution >= 4 is 17.9 Å². The van der Waals surface area contributed by atoms with Crippen LogP contribution in [0.15, 0.2) is 48.6 Å². The Morgan fingerprint density at radius 3 is 0.952 bits per heavy atom. The molecule has 0 N–H and O–H groups in total. The smallest absolute Gasteiger partial charge is 0.306 e. The number of esters is 3. The molecule has 360 valence electrons. The van der Waals surface area contributed by atoms with Crippen molar-refractivity contribution in [1.82, 2.24) is 0 Å². The zero-order chi connectivity index (χ0) is 45.1. The Morgan fingerprint density at radius 2 is 0.581 bits per heavy atom. The summed E-state index contributed by atoms with van der Waals surface area (Å²) in [5.41, 5.74) is 0. The number of unbranched alkanes of at least 4 members (excludes halogenated alkanes) is 29. The molecule has 6 heteroatoms. The number of carbonyl (C=O) groups excluding carboxylic acids is 3. The van der Waals surface area contributed by atoms with E-state index in [1.165, 1.54) is 135 Å². The highest BCUT2D eigenvalue weighted by molar-refractivity contribution is 5.71. The molecule has 0 aliphatic rings. The first-order valence-electron chi connectivity index (χ1n) is 26.6. The molecule has 0 spiro atoms. The quantitative estimate of drug-likeness (QED) is 0.0262. The van der Waals surface area contributed by atoms with Gasteiger partial charge in [0.15, 0.2) is 6.10 Å². The standard InChI is InChI=1S/C56H100O6/c1-4-7-10-13-16-19-22-25-27-29-31-34-37-40-43-46-49-55(58)61-52-53(51-60-54(57)48-45-42-39-36-33-24-21-18-15-12-9-6-3)62-56(59)50-47-44-41-38-35-32-30-28-26-23-20-17-14-11-8-5-2/h18-19,21-22,27-30,53H,4-17,20,23-26,31-52H2,1-3H3/b21-18-,22-19-,29-27-,30-28-. The second-order valence-corrected chi connectivity index (χ2v) is 17.8. The highest BCUT2D eigenvalue weighted by Crippen LogP contribution is 2.14. The van der Waals surface area contributed by atoms with Gasteiger partial charge in [-0.2, -0.15) is 0 Å². The van der Waals surface area contributed by atoms with Crippen molar-refractivity contribution in [1.29, 1.82) is 0 Å². The normalized spacial score (nSPS) is 12.4. The van der Waals surface area contributed by atoms with Gasteiger partial charge in [0.05, 0.1) is 0 Å². The van der Waals surface area contributed by atoms with Gasteiger partial charge in [0.2, 0.25) is 0 Å². The van der Waals surface area contributed by atoms with E-state index in [1.807, 2.05) is 0 Å². The first-order chi connectivity index (χ1) is 30.5. The maximum Gasteiger partial charge on any atom is 0.306 e. The summed E-state index contributed by atoms with van der Waals surface area (Å²) in [4.78, 5) is 38.0. The van der Waals surface area contributed by atoms with Crippen molar-refractivity contribution in [3.05, 3.63) is 48.6 Å². The van der Waals surface area contributed by atoms with Crippen molar-refractivity contribution in [2.75, 3.05) is 13.2 Å². The van der Waals surface area contributed by atoms with Gasteiger partial charge in [-0.15, -0.1) is 0 Å². The van der Waals surface area contributed by atoms with Gasteiger partial charge in [0.25, 0.3) is 0 Å². The lowest BCUT2D eigenvalue weighted by molar-refractivity contribution is -0.167. The summed E-state index contributed by atoms with van der Waals surface area (Å²) in [5, 5.41) is 0. The summed E-state index contributed by atoms with van der Waals surface area (Å²) in [6.07, 6.45) is 60.9. The molecule has 0 saturated heterocycles. The Balaban J connectivity index is 4.40. The minimum absolute atomic E-state index is 0.0846. The fraction of sp³-hybridized carbons (Fsp3) is 0.804. The fourth-order valence-electron chi connectivity index (χ4n) is 7.46. The topological polar surface area (TPSA) is 78.9 Å². The van der Waals surface area contributed by atoms with Gasteiger partial charge in [-0.05, 0) is 103 Å². The fourth-order valence-corrected chi connectivity index (χ4v) is 7.46. The molecule has 62 heavy (non-hydrogen) atoms. The second kappa shape index (κ2) is 51.0. The molecule has 0 aliphatic heterocycles. The molecular weight excluding hydrogens is 769 g/mol. The minimum Gasteiger partial charge on any atom is -0.462 e. The predicted octanol–water partition coefficient (Wildman–Crippen LogP) is 17.5. The van der Waals surface area contributed by atoms with Crippen LogP contribution in [0.3, 0.4) is 0 Å². The van der Waals surface area contributed by atoms with Crippen LogP contribution in [0.25, 0.3) is 0 Å². The third kappa shape index (κ3) is 48.4. The van der Waals surface area contributed by atoms with E-state index in [-0.39, 0.29) is 31.1 Å². The van der Waals surface area contributed by atoms with Crippen LogP contribution in [0.4, 0.5) is 0 Å². The van der Waals surface area contributed by atoms with E-state index in [2.05, 4.69) is 69.4 Å². The molecule has 0 aliphatic carbocycles. The van der Waals surface area contributed by atoms with E-state index >= 15 is 0 Å². The van der Waals surface area contributed by atoms with Crippen LogP contribution >= 0.6 is 0 Å². The Labute approximate surface area is 384 Å². The van der Waals surface area contributed by atoms with Gasteiger partial charge in [-0.1, -0.05) is 198 Å². The second-order valence-electron chi connectivity index (χ2n) is 17.8. The SMILES string of the molecule is CCCCC/C=C\CCCCCCCC(=O)OCC(COC(=O)CCCCCCC/C=C\C/C=C\CCCCCC)OC(=O)CCCCCCC/C=C\CCCCCCCCC. The van der Waals surface area contributed by atoms with E-state index in [4.69, 9.17) is 14.2 Å². The largest absolute Gasteiger partial charge is 0.462 e. The molecule has 0 rings (SSSR count). The lowest BCUT2D eigenvalue weighted by atomic mass is 10.1. The van der Waals surface area contributed by atoms with Crippen LogP contribution < -0.4 is 0 Å². The van der Waals surface area contributed by atoms with E-state index in [0.29, 0.717) is 19.3 Å². The van der Waals surface area contributed by atoms with Crippen LogP contribution in [0.5, 0.6) is 0 Å². The summed E-state index contributed by atoms with van der Waals surface area (Å²) in [6.45, 7) is 6.58. The Kier molecular flexibility index (Phi) is 48.8. The van der Waals surface area contributed by atoms with Gasteiger partial charge >= 0.3 is 17.9 Å². The molecule has 0 saturated carbocycles. The van der Waals surface area contributed by atoms with E-state index in [1.54, 1.807) is 0 Å². The molecule has 6 nitrogen and oxygen atoms in total. The van der Waals surface area contributed by atoms with Gasteiger partial charge in [-0.3, -0.25) is 14.4 Å². The summed E-state index contributed by atoms with van der Waals surface area (Å²) < 4.78 is 16.8. The maximum atomic E-state index is 12.8. The molecule has 0 amide bonds. The van der Waals surface area contributed by atoms with Crippen LogP contribution in [0.2, 0.25) is 0 Å². The van der Waals surface area contributed by atoms with Crippen molar-refractivity contribution < 1.29 is 28.6 Å². The predicted molar refractivity (Wildman–Crippen MR) is 265 cm³/mol. The molecule has 0 heterocycles. The maximum absolute atomic E-state index is 12.8. The van der Waals surface area contributed by atoms with Gasteiger partial charge in [-0.25, -0.2) is 0 Å². The molecule has 0 radical (unpaired) electrons. The number of carbonyl (C=O) groups is 3. The van der Waals surface area contributed by atoms with Crippen molar-refractivity contribution in [3.8, 4) is 0 Å². The van der Waals surface area contributed by atoms with E-state index < -0.39 is 6.10 Å². The van der Waals surface area contributed by atoms with Crippen LogP contribution in [-0.4, -0.2) is 37.2 Å². The minimum atomic E-state index is -0.785. The molecule has 0 aromatic rings. The monoisotopic (exact) mass is 869 g/mol. The highest BCUT2D eigenvalue weighted by atomic mass is 16.6. The Morgan fingerprint density at radius 1 is 0.323 bits per heavy atom. The van der Waals surface area contributed by atoms with Crippen molar-refractivity contribution in [2.45, 2.75) is 277 Å². The third-order valence-electron chi connectivity index (χ3n) is 11.5. The third-order valence-corrected chi connectivity index (χ3v) is 11.5. The summed E-state index contributed by atoms with van der Waals surface area (Å²) in [6, 6.07) is 0. The van der Waals surface area contributed by atoms with Crippen LogP contribution in [0, 0.1) is 0 Å². The van der Waals surface area contributed by atoms with Gasteiger partial charge in [0.1, 0.15) is 13.2 Å². The molecule has 0 bridgehead atoms. The number of rotatable bonds is 48. The molecule has 0 aromatic heterocycles. The first kappa shape index (κ1) is 59.4. The molecule has 0 fully saturated rings. The Bertz CT molecular complexity index is 1090. The average Bonchev–Trinajstić information content (AvgIpc) is 3.27.